The van der Waals surface area contributed by atoms with Crippen LogP contribution in [0.25, 0.3) is 0 Å². The normalized spacial score (nSPS) is 11.1. The van der Waals surface area contributed by atoms with Crippen LogP contribution in [-0.4, -0.2) is 23.5 Å². The highest BCUT2D eigenvalue weighted by Crippen LogP contribution is 2.19. The number of amides is 1. The Morgan fingerprint density at radius 3 is 2.63 bits per heavy atom. The summed E-state index contributed by atoms with van der Waals surface area (Å²) in [6.45, 7) is 3.62. The lowest BCUT2D eigenvalue weighted by Gasteiger charge is -2.18. The average molecular weight is 284 g/mol. The molecule has 0 saturated carbocycles. The highest BCUT2D eigenvalue weighted by molar-refractivity contribution is 6.30. The molecule has 0 aliphatic carbocycles. The number of hydrogen-bond acceptors (Lipinski definition) is 2. The number of halogens is 1. The number of nitrogens with one attached hydrogen (secondary N) is 1. The van der Waals surface area contributed by atoms with Crippen LogP contribution in [0.1, 0.15) is 25.8 Å². The Balaban J connectivity index is 2.39. The van der Waals surface area contributed by atoms with Crippen LogP contribution in [0.4, 0.5) is 0 Å². The number of carbonyl (C=O) groups is 2. The van der Waals surface area contributed by atoms with Crippen molar-refractivity contribution in [3.8, 4) is 0 Å². The zero-order valence-corrected chi connectivity index (χ0v) is 11.8. The molecule has 0 saturated heterocycles. The molecule has 0 bridgehead atoms. The predicted octanol–water partition coefficient (Wildman–Crippen LogP) is 2.50. The Labute approximate surface area is 117 Å². The summed E-state index contributed by atoms with van der Waals surface area (Å²) in [6, 6.07) is 7.10. The summed E-state index contributed by atoms with van der Waals surface area (Å²) in [5, 5.41) is 12.3. The van der Waals surface area contributed by atoms with E-state index in [1.165, 1.54) is 0 Å². The maximum atomic E-state index is 11.7. The van der Waals surface area contributed by atoms with E-state index in [-0.39, 0.29) is 12.3 Å². The van der Waals surface area contributed by atoms with Gasteiger partial charge in [-0.2, -0.15) is 0 Å². The van der Waals surface area contributed by atoms with E-state index in [0.717, 1.165) is 5.56 Å². The van der Waals surface area contributed by atoms with Crippen molar-refractivity contribution in [2.75, 3.05) is 6.54 Å². The van der Waals surface area contributed by atoms with Crippen LogP contribution in [0, 0.1) is 5.41 Å². The molecule has 0 atom stereocenters. The van der Waals surface area contributed by atoms with Crippen molar-refractivity contribution in [2.24, 2.45) is 5.41 Å². The first kappa shape index (κ1) is 15.5. The molecule has 1 aromatic carbocycles. The Bertz CT molecular complexity index is 472. The van der Waals surface area contributed by atoms with Crippen molar-refractivity contribution in [1.82, 2.24) is 5.32 Å². The van der Waals surface area contributed by atoms with E-state index in [2.05, 4.69) is 5.32 Å². The molecule has 19 heavy (non-hydrogen) atoms. The number of hydrogen-bond donors (Lipinski definition) is 2. The molecule has 0 spiro atoms. The van der Waals surface area contributed by atoms with Crippen LogP contribution < -0.4 is 5.32 Å². The van der Waals surface area contributed by atoms with E-state index >= 15 is 0 Å². The fourth-order valence-corrected chi connectivity index (χ4v) is 1.73. The Morgan fingerprint density at radius 2 is 2.05 bits per heavy atom. The summed E-state index contributed by atoms with van der Waals surface area (Å²) in [7, 11) is 0. The fourth-order valence-electron chi connectivity index (χ4n) is 1.52. The van der Waals surface area contributed by atoms with Gasteiger partial charge in [-0.05, 0) is 38.0 Å². The van der Waals surface area contributed by atoms with Gasteiger partial charge in [-0.25, -0.2) is 0 Å². The first-order chi connectivity index (χ1) is 8.81. The van der Waals surface area contributed by atoms with Crippen molar-refractivity contribution >= 4 is 23.5 Å². The van der Waals surface area contributed by atoms with Gasteiger partial charge in [0.1, 0.15) is 0 Å². The second-order valence-electron chi connectivity index (χ2n) is 5.10. The first-order valence-corrected chi connectivity index (χ1v) is 6.43. The van der Waals surface area contributed by atoms with Gasteiger partial charge in [0.25, 0.3) is 0 Å². The lowest BCUT2D eigenvalue weighted by Crippen LogP contribution is -2.32. The molecule has 0 heterocycles. The quantitative estimate of drug-likeness (QED) is 0.843. The number of carboxylic acid groups (broad SMARTS) is 1. The van der Waals surface area contributed by atoms with E-state index in [1.807, 2.05) is 6.07 Å². The molecule has 4 nitrogen and oxygen atoms in total. The molecular formula is C14H18ClNO3. The lowest BCUT2D eigenvalue weighted by molar-refractivity contribution is -0.147. The predicted molar refractivity (Wildman–Crippen MR) is 74.2 cm³/mol. The molecule has 0 fully saturated rings. The first-order valence-electron chi connectivity index (χ1n) is 6.06. The summed E-state index contributed by atoms with van der Waals surface area (Å²) < 4.78 is 0. The molecule has 1 rings (SSSR count). The summed E-state index contributed by atoms with van der Waals surface area (Å²) >= 11 is 5.83. The molecule has 2 N–H and O–H groups in total. The van der Waals surface area contributed by atoms with E-state index in [9.17, 15) is 9.59 Å². The molecule has 0 unspecified atom stereocenters. The van der Waals surface area contributed by atoms with Gasteiger partial charge in [-0.1, -0.05) is 23.7 Å². The largest absolute Gasteiger partial charge is 0.481 e. The summed E-state index contributed by atoms with van der Waals surface area (Å²) in [6.07, 6.45) is 0.637. The average Bonchev–Trinajstić information content (AvgIpc) is 2.28. The van der Waals surface area contributed by atoms with Crippen LogP contribution in [0.5, 0.6) is 0 Å². The minimum absolute atomic E-state index is 0.136. The second-order valence-corrected chi connectivity index (χ2v) is 5.53. The molecule has 0 aliphatic heterocycles. The number of aliphatic carboxylic acids is 1. The van der Waals surface area contributed by atoms with Gasteiger partial charge >= 0.3 is 5.97 Å². The van der Waals surface area contributed by atoms with Crippen LogP contribution >= 0.6 is 11.6 Å². The van der Waals surface area contributed by atoms with Gasteiger partial charge in [0.05, 0.1) is 11.8 Å². The van der Waals surface area contributed by atoms with Gasteiger partial charge in [0.2, 0.25) is 5.91 Å². The molecular weight excluding hydrogens is 266 g/mol. The third-order valence-electron chi connectivity index (χ3n) is 2.90. The number of carboxylic acids is 1. The van der Waals surface area contributed by atoms with Crippen LogP contribution in [0.15, 0.2) is 24.3 Å². The third-order valence-corrected chi connectivity index (χ3v) is 3.14. The molecule has 0 radical (unpaired) electrons. The van der Waals surface area contributed by atoms with E-state index in [0.29, 0.717) is 18.0 Å². The van der Waals surface area contributed by atoms with Gasteiger partial charge in [-0.15, -0.1) is 0 Å². The third kappa shape index (κ3) is 5.30. The summed E-state index contributed by atoms with van der Waals surface area (Å²) in [5.74, 6) is -1.000. The highest BCUT2D eigenvalue weighted by Gasteiger charge is 2.26. The summed E-state index contributed by atoms with van der Waals surface area (Å²) in [5.41, 5.74) is 0.00562. The fraction of sp³-hybridized carbons (Fsp3) is 0.429. The smallest absolute Gasteiger partial charge is 0.309 e. The number of rotatable bonds is 6. The second kappa shape index (κ2) is 6.57. The molecule has 0 aromatic heterocycles. The molecule has 5 heteroatoms. The Kier molecular flexibility index (Phi) is 5.36. The van der Waals surface area contributed by atoms with Crippen LogP contribution in [-0.2, 0) is 16.0 Å². The van der Waals surface area contributed by atoms with E-state index in [1.54, 1.807) is 32.0 Å². The standard InChI is InChI=1S/C14H18ClNO3/c1-14(2,13(18)19)6-7-16-12(17)9-10-4-3-5-11(15)8-10/h3-5,8H,6-7,9H2,1-2H3,(H,16,17)(H,18,19). The molecule has 104 valence electrons. The van der Waals surface area contributed by atoms with Crippen LogP contribution in [0.3, 0.4) is 0 Å². The van der Waals surface area contributed by atoms with Crippen molar-refractivity contribution in [2.45, 2.75) is 26.7 Å². The van der Waals surface area contributed by atoms with E-state index in [4.69, 9.17) is 16.7 Å². The van der Waals surface area contributed by atoms with Gasteiger partial charge in [0, 0.05) is 11.6 Å². The number of benzene rings is 1. The van der Waals surface area contributed by atoms with Gasteiger partial charge < -0.3 is 10.4 Å². The minimum atomic E-state index is -0.864. The molecule has 0 aliphatic rings. The van der Waals surface area contributed by atoms with Crippen LogP contribution in [0.2, 0.25) is 5.02 Å². The molecule has 1 amide bonds. The Morgan fingerprint density at radius 1 is 1.37 bits per heavy atom. The molecule has 1 aromatic rings. The monoisotopic (exact) mass is 283 g/mol. The van der Waals surface area contributed by atoms with Crippen molar-refractivity contribution in [3.63, 3.8) is 0 Å². The SMILES string of the molecule is CC(C)(CCNC(=O)Cc1cccc(Cl)c1)C(=O)O. The van der Waals surface area contributed by atoms with Crippen molar-refractivity contribution in [3.05, 3.63) is 34.9 Å². The van der Waals surface area contributed by atoms with Gasteiger partial charge in [0.15, 0.2) is 0 Å². The minimum Gasteiger partial charge on any atom is -0.481 e. The van der Waals surface area contributed by atoms with Gasteiger partial charge in [-0.3, -0.25) is 9.59 Å². The maximum Gasteiger partial charge on any atom is 0.309 e. The summed E-state index contributed by atoms with van der Waals surface area (Å²) in [4.78, 5) is 22.6. The zero-order chi connectivity index (χ0) is 14.5. The van der Waals surface area contributed by atoms with E-state index < -0.39 is 11.4 Å². The zero-order valence-electron chi connectivity index (χ0n) is 11.1. The Hall–Kier alpha value is -1.55. The lowest BCUT2D eigenvalue weighted by atomic mass is 9.90. The van der Waals surface area contributed by atoms with Crippen molar-refractivity contribution < 1.29 is 14.7 Å². The maximum absolute atomic E-state index is 11.7. The number of carbonyl (C=O) groups excluding carboxylic acids is 1. The highest BCUT2D eigenvalue weighted by atomic mass is 35.5. The topological polar surface area (TPSA) is 66.4 Å². The van der Waals surface area contributed by atoms with Crippen molar-refractivity contribution in [1.29, 1.82) is 0 Å².